The van der Waals surface area contributed by atoms with Gasteiger partial charge in [0.1, 0.15) is 21.9 Å². The van der Waals surface area contributed by atoms with Gasteiger partial charge in [-0.3, -0.25) is 4.90 Å². The van der Waals surface area contributed by atoms with Crippen LogP contribution < -0.4 is 10.1 Å². The lowest BCUT2D eigenvalue weighted by molar-refractivity contribution is -0.0489. The highest BCUT2D eigenvalue weighted by Crippen LogP contribution is 2.35. The van der Waals surface area contributed by atoms with Crippen LogP contribution in [0.4, 0.5) is 14.6 Å². The lowest BCUT2D eigenvalue weighted by atomic mass is 10.2. The first-order valence-corrected chi connectivity index (χ1v) is 14.6. The summed E-state index contributed by atoms with van der Waals surface area (Å²) < 4.78 is 63.9. The molecule has 5 rings (SSSR count). The topological polar surface area (TPSA) is 114 Å². The molecule has 3 aromatic heterocycles. The second-order valence-corrected chi connectivity index (χ2v) is 12.6. The molecule has 1 saturated heterocycles. The maximum atomic E-state index is 13.3. The van der Waals surface area contributed by atoms with Crippen LogP contribution in [0.15, 0.2) is 45.4 Å². The summed E-state index contributed by atoms with van der Waals surface area (Å²) in [5, 5.41) is 7.86. The van der Waals surface area contributed by atoms with Crippen LogP contribution in [0.3, 0.4) is 0 Å². The van der Waals surface area contributed by atoms with Crippen LogP contribution in [-0.4, -0.2) is 78.1 Å². The van der Waals surface area contributed by atoms with Crippen LogP contribution in [0, 0.1) is 13.8 Å². The van der Waals surface area contributed by atoms with Crippen LogP contribution in [-0.2, 0) is 10.0 Å². The number of hydrogen-bond acceptors (Lipinski definition) is 10. The highest BCUT2D eigenvalue weighted by atomic mass is 32.2. The van der Waals surface area contributed by atoms with Gasteiger partial charge in [0.25, 0.3) is 10.0 Å². The molecule has 1 atom stereocenters. The Bertz CT molecular complexity index is 1570. The van der Waals surface area contributed by atoms with Crippen molar-refractivity contribution in [3.8, 4) is 16.4 Å². The van der Waals surface area contributed by atoms with Gasteiger partial charge in [-0.1, -0.05) is 11.2 Å². The van der Waals surface area contributed by atoms with Crippen molar-refractivity contribution in [2.45, 2.75) is 37.6 Å². The second-order valence-electron chi connectivity index (χ2n) is 9.34. The molecule has 1 fully saturated rings. The van der Waals surface area contributed by atoms with Crippen LogP contribution in [0.1, 0.15) is 18.2 Å². The summed E-state index contributed by atoms with van der Waals surface area (Å²) in [6.45, 7) is 5.29. The van der Waals surface area contributed by atoms with Crippen LogP contribution in [0.25, 0.3) is 21.5 Å². The van der Waals surface area contributed by atoms with Gasteiger partial charge < -0.3 is 14.6 Å². The molecular weight excluding hydrogens is 550 g/mol. The number of aromatic nitrogens is 3. The van der Waals surface area contributed by atoms with Crippen molar-refractivity contribution in [1.82, 2.24) is 24.3 Å². The zero-order chi connectivity index (χ0) is 27.7. The summed E-state index contributed by atoms with van der Waals surface area (Å²) in [5.74, 6) is 1.10. The Morgan fingerprint density at radius 3 is 2.59 bits per heavy atom. The van der Waals surface area contributed by atoms with Gasteiger partial charge in [0.15, 0.2) is 11.5 Å². The van der Waals surface area contributed by atoms with Crippen molar-refractivity contribution >= 4 is 38.1 Å². The predicted molar refractivity (Wildman–Crippen MR) is 144 cm³/mol. The van der Waals surface area contributed by atoms with Crippen molar-refractivity contribution < 1.29 is 26.5 Å². The first-order valence-electron chi connectivity index (χ1n) is 12.3. The standard InChI is InChI=1S/C25H28F2N6O4S2/c1-15(30-24-18-5-4-6-19(36-25(26)27)22(18)28-14-29-24)13-32-9-11-33(12-10-32)39(34,35)21-8-7-20(38-21)23-16(2)17(3)31-37-23/h4-8,14-15,25H,9-13H2,1-3H3,(H,28,29,30). The molecule has 0 amide bonds. The number of rotatable bonds is 9. The van der Waals surface area contributed by atoms with Crippen LogP contribution in [0.2, 0.25) is 0 Å². The zero-order valence-corrected chi connectivity index (χ0v) is 23.2. The number of nitrogens with zero attached hydrogens (tertiary/aromatic N) is 5. The van der Waals surface area contributed by atoms with E-state index in [0.717, 1.165) is 16.1 Å². The first kappa shape index (κ1) is 27.4. The Kier molecular flexibility index (Phi) is 7.80. The molecule has 1 aromatic carbocycles. The number of aryl methyl sites for hydroxylation is 1. The van der Waals surface area contributed by atoms with Crippen LogP contribution >= 0.6 is 11.3 Å². The number of fused-ring (bicyclic) bond motifs is 1. The van der Waals surface area contributed by atoms with E-state index in [1.807, 2.05) is 20.8 Å². The van der Waals surface area contributed by atoms with E-state index >= 15 is 0 Å². The minimum absolute atomic E-state index is 0.0122. The fraction of sp³-hybridized carbons (Fsp3) is 0.400. The van der Waals surface area contributed by atoms with Gasteiger partial charge in [-0.15, -0.1) is 11.3 Å². The second kappa shape index (κ2) is 11.1. The fourth-order valence-electron chi connectivity index (χ4n) is 4.54. The van der Waals surface area contributed by atoms with Gasteiger partial charge in [0, 0.05) is 49.7 Å². The maximum Gasteiger partial charge on any atom is 0.387 e. The van der Waals surface area contributed by atoms with Crippen molar-refractivity contribution in [1.29, 1.82) is 0 Å². The van der Waals surface area contributed by atoms with Crippen molar-refractivity contribution in [3.63, 3.8) is 0 Å². The molecular formula is C25H28F2N6O4S2. The van der Waals surface area contributed by atoms with Gasteiger partial charge >= 0.3 is 6.61 Å². The van der Waals surface area contributed by atoms with E-state index in [-0.39, 0.29) is 16.0 Å². The number of sulfonamides is 1. The molecule has 0 radical (unpaired) electrons. The number of alkyl halides is 2. The summed E-state index contributed by atoms with van der Waals surface area (Å²) >= 11 is 1.18. The Morgan fingerprint density at radius 2 is 1.90 bits per heavy atom. The monoisotopic (exact) mass is 578 g/mol. The first-order chi connectivity index (χ1) is 18.6. The predicted octanol–water partition coefficient (Wildman–Crippen LogP) is 4.37. The molecule has 0 spiro atoms. The summed E-state index contributed by atoms with van der Waals surface area (Å²) in [6.07, 6.45) is 1.31. The molecule has 1 unspecified atom stereocenters. The van der Waals surface area contributed by atoms with Gasteiger partial charge in [-0.2, -0.15) is 13.1 Å². The Hall–Kier alpha value is -3.20. The molecule has 0 saturated carbocycles. The van der Waals surface area contributed by atoms with Crippen LogP contribution in [0.5, 0.6) is 5.75 Å². The minimum atomic E-state index is -3.63. The minimum Gasteiger partial charge on any atom is -0.432 e. The summed E-state index contributed by atoms with van der Waals surface area (Å²) in [5.41, 5.74) is 1.97. The largest absolute Gasteiger partial charge is 0.432 e. The lowest BCUT2D eigenvalue weighted by Crippen LogP contribution is -2.50. The summed E-state index contributed by atoms with van der Waals surface area (Å²) in [4.78, 5) is 11.3. The Balaban J connectivity index is 1.20. The van der Waals surface area contributed by atoms with E-state index in [0.29, 0.717) is 55.2 Å². The number of hydrogen-bond donors (Lipinski definition) is 1. The average molecular weight is 579 g/mol. The zero-order valence-electron chi connectivity index (χ0n) is 21.6. The number of para-hydroxylation sites is 1. The highest BCUT2D eigenvalue weighted by Gasteiger charge is 2.31. The van der Waals surface area contributed by atoms with E-state index in [1.165, 1.54) is 28.0 Å². The van der Waals surface area contributed by atoms with Crippen molar-refractivity contribution in [3.05, 3.63) is 47.9 Å². The molecule has 4 heterocycles. The molecule has 1 N–H and O–H groups in total. The maximum absolute atomic E-state index is 13.3. The Morgan fingerprint density at radius 1 is 1.13 bits per heavy atom. The summed E-state index contributed by atoms with van der Waals surface area (Å²) in [7, 11) is -3.63. The molecule has 39 heavy (non-hydrogen) atoms. The smallest absolute Gasteiger partial charge is 0.387 e. The number of nitrogens with one attached hydrogen (secondary N) is 1. The number of ether oxygens (including phenoxy) is 1. The van der Waals surface area contributed by atoms with E-state index in [2.05, 4.69) is 30.1 Å². The highest BCUT2D eigenvalue weighted by molar-refractivity contribution is 7.91. The number of anilines is 1. The molecule has 1 aliphatic rings. The van der Waals surface area contributed by atoms with Crippen molar-refractivity contribution in [2.75, 3.05) is 38.0 Å². The number of halogens is 2. The summed E-state index contributed by atoms with van der Waals surface area (Å²) in [6, 6.07) is 8.12. The average Bonchev–Trinajstić information content (AvgIpc) is 3.52. The molecule has 4 aromatic rings. The third-order valence-corrected chi connectivity index (χ3v) is 10.1. The molecule has 0 bridgehead atoms. The normalized spacial score (nSPS) is 16.2. The quantitative estimate of drug-likeness (QED) is 0.309. The van der Waals surface area contributed by atoms with Gasteiger partial charge in [0.2, 0.25) is 0 Å². The van der Waals surface area contributed by atoms with E-state index in [1.54, 1.807) is 24.3 Å². The van der Waals surface area contributed by atoms with Gasteiger partial charge in [0.05, 0.1) is 10.6 Å². The van der Waals surface area contributed by atoms with Gasteiger partial charge in [-0.05, 0) is 45.0 Å². The molecule has 0 aliphatic carbocycles. The fourth-order valence-corrected chi connectivity index (χ4v) is 7.46. The number of benzene rings is 1. The number of thiophene rings is 1. The third kappa shape index (κ3) is 5.73. The molecule has 10 nitrogen and oxygen atoms in total. The lowest BCUT2D eigenvalue weighted by Gasteiger charge is -2.35. The Labute approximate surface area is 228 Å². The molecule has 208 valence electrons. The molecule has 1 aliphatic heterocycles. The van der Waals surface area contributed by atoms with E-state index in [4.69, 9.17) is 4.52 Å². The third-order valence-electron chi connectivity index (χ3n) is 6.65. The van der Waals surface area contributed by atoms with E-state index < -0.39 is 16.6 Å². The molecule has 14 heteroatoms. The van der Waals surface area contributed by atoms with E-state index in [9.17, 15) is 17.2 Å². The van der Waals surface area contributed by atoms with Gasteiger partial charge in [-0.25, -0.2) is 18.4 Å². The number of piperazine rings is 1. The SMILES string of the molecule is Cc1noc(-c2ccc(S(=O)(=O)N3CCN(CC(C)Nc4ncnc5c(OC(F)F)cccc45)CC3)s2)c1C. The van der Waals surface area contributed by atoms with Crippen molar-refractivity contribution in [2.24, 2.45) is 0 Å².